The fourth-order valence-electron chi connectivity index (χ4n) is 3.73. The summed E-state index contributed by atoms with van der Waals surface area (Å²) in [6.45, 7) is 0.965. The highest BCUT2D eigenvalue weighted by molar-refractivity contribution is 5.93. The number of aromatic amines is 1. The summed E-state index contributed by atoms with van der Waals surface area (Å²) in [5.74, 6) is 1.28. The van der Waals surface area contributed by atoms with E-state index in [0.717, 1.165) is 29.8 Å². The minimum Gasteiger partial charge on any atom is -0.496 e. The molecule has 2 aromatic rings. The number of methoxy groups -OCH3 is 1. The molecule has 1 atom stereocenters. The number of nitrogens with zero attached hydrogens (tertiary/aromatic N) is 1. The monoisotopic (exact) mass is 414 g/mol. The van der Waals surface area contributed by atoms with Crippen molar-refractivity contribution in [3.05, 3.63) is 41.6 Å². The lowest BCUT2D eigenvalue weighted by Crippen LogP contribution is -2.36. The molecule has 0 radical (unpaired) electrons. The third-order valence-corrected chi connectivity index (χ3v) is 5.50. The van der Waals surface area contributed by atoms with Gasteiger partial charge in [0.2, 0.25) is 0 Å². The standard InChI is InChI=1S/C21H26N4O5/c1-28-17-6-3-2-5-13(17)12-22-21(27)30-15-9-14(10-15)16-11-19(25-24-16)23-20(26)18-7-4-8-29-18/h2-3,5-6,11,14-15,18H,4,7-10,12H2,1H3,(H,22,27)(H2,23,24,25,26). The van der Waals surface area contributed by atoms with Gasteiger partial charge in [-0.15, -0.1) is 0 Å². The topological polar surface area (TPSA) is 115 Å². The predicted molar refractivity (Wildman–Crippen MR) is 108 cm³/mol. The highest BCUT2D eigenvalue weighted by Gasteiger charge is 2.35. The first kappa shape index (κ1) is 20.2. The summed E-state index contributed by atoms with van der Waals surface area (Å²) in [4.78, 5) is 24.2. The molecule has 9 heteroatoms. The van der Waals surface area contributed by atoms with Gasteiger partial charge in [-0.3, -0.25) is 9.89 Å². The minimum absolute atomic E-state index is 0.138. The number of para-hydroxylation sites is 1. The van der Waals surface area contributed by atoms with Gasteiger partial charge in [0.05, 0.1) is 7.11 Å². The number of rotatable bonds is 7. The van der Waals surface area contributed by atoms with E-state index in [0.29, 0.717) is 31.8 Å². The summed E-state index contributed by atoms with van der Waals surface area (Å²) in [6.07, 6.45) is 2.09. The third-order valence-electron chi connectivity index (χ3n) is 5.50. The molecule has 1 saturated carbocycles. The second-order valence-corrected chi connectivity index (χ2v) is 7.56. The number of aromatic nitrogens is 2. The number of alkyl carbamates (subject to hydrolysis) is 1. The molecule has 2 heterocycles. The molecule has 9 nitrogen and oxygen atoms in total. The van der Waals surface area contributed by atoms with Crippen molar-refractivity contribution in [1.82, 2.24) is 15.5 Å². The van der Waals surface area contributed by atoms with Crippen LogP contribution in [0.25, 0.3) is 0 Å². The van der Waals surface area contributed by atoms with Crippen LogP contribution < -0.4 is 15.4 Å². The maximum Gasteiger partial charge on any atom is 0.407 e. The van der Waals surface area contributed by atoms with Gasteiger partial charge in [-0.25, -0.2) is 4.79 Å². The second-order valence-electron chi connectivity index (χ2n) is 7.56. The average molecular weight is 414 g/mol. The Morgan fingerprint density at radius 2 is 2.13 bits per heavy atom. The Balaban J connectivity index is 1.19. The van der Waals surface area contributed by atoms with Crippen molar-refractivity contribution < 1.29 is 23.8 Å². The summed E-state index contributed by atoms with van der Waals surface area (Å²) in [7, 11) is 1.60. The van der Waals surface area contributed by atoms with Crippen molar-refractivity contribution in [3.8, 4) is 5.75 Å². The number of hydrogen-bond donors (Lipinski definition) is 3. The Bertz CT molecular complexity index is 887. The molecule has 4 rings (SSSR count). The number of H-pyrrole nitrogens is 1. The molecule has 160 valence electrons. The molecule has 1 aromatic carbocycles. The van der Waals surface area contributed by atoms with Crippen LogP contribution >= 0.6 is 0 Å². The molecule has 1 aromatic heterocycles. The lowest BCUT2D eigenvalue weighted by atomic mass is 9.80. The number of ether oxygens (including phenoxy) is 3. The van der Waals surface area contributed by atoms with E-state index in [9.17, 15) is 9.59 Å². The van der Waals surface area contributed by atoms with Crippen LogP contribution in [0.1, 0.15) is 42.9 Å². The Labute approximate surface area is 174 Å². The molecule has 1 unspecified atom stereocenters. The van der Waals surface area contributed by atoms with Crippen LogP contribution in [0.2, 0.25) is 0 Å². The van der Waals surface area contributed by atoms with E-state index in [1.54, 1.807) is 7.11 Å². The zero-order chi connectivity index (χ0) is 20.9. The lowest BCUT2D eigenvalue weighted by Gasteiger charge is -2.33. The summed E-state index contributed by atoms with van der Waals surface area (Å²) in [6, 6.07) is 9.34. The molecule has 0 bridgehead atoms. The van der Waals surface area contributed by atoms with Gasteiger partial charge in [0.1, 0.15) is 18.0 Å². The van der Waals surface area contributed by atoms with Crippen LogP contribution in [0.4, 0.5) is 10.6 Å². The quantitative estimate of drug-likeness (QED) is 0.642. The lowest BCUT2D eigenvalue weighted by molar-refractivity contribution is -0.124. The number of carbonyl (C=O) groups is 2. The SMILES string of the molecule is COc1ccccc1CNC(=O)OC1CC(c2cc(NC(=O)C3CCCO3)n[nH]2)C1. The first-order valence-electron chi connectivity index (χ1n) is 10.2. The molecule has 1 aliphatic heterocycles. The maximum atomic E-state index is 12.1. The molecule has 1 saturated heterocycles. The van der Waals surface area contributed by atoms with E-state index in [2.05, 4.69) is 20.8 Å². The Morgan fingerprint density at radius 1 is 1.30 bits per heavy atom. The molecular formula is C21H26N4O5. The van der Waals surface area contributed by atoms with Gasteiger partial charge in [-0.05, 0) is 31.7 Å². The summed E-state index contributed by atoms with van der Waals surface area (Å²) in [5.41, 5.74) is 1.81. The number of benzene rings is 1. The van der Waals surface area contributed by atoms with Crippen molar-refractivity contribution in [1.29, 1.82) is 0 Å². The van der Waals surface area contributed by atoms with Crippen molar-refractivity contribution in [2.75, 3.05) is 19.0 Å². The van der Waals surface area contributed by atoms with Crippen molar-refractivity contribution in [2.45, 2.75) is 50.4 Å². The summed E-state index contributed by atoms with van der Waals surface area (Å²) < 4.78 is 16.1. The van der Waals surface area contributed by atoms with E-state index >= 15 is 0 Å². The first-order chi connectivity index (χ1) is 14.6. The van der Waals surface area contributed by atoms with Crippen LogP contribution in [0.15, 0.2) is 30.3 Å². The number of carbonyl (C=O) groups excluding carboxylic acids is 2. The zero-order valence-corrected chi connectivity index (χ0v) is 16.8. The van der Waals surface area contributed by atoms with E-state index in [-0.39, 0.29) is 24.0 Å². The molecule has 3 N–H and O–H groups in total. The van der Waals surface area contributed by atoms with E-state index < -0.39 is 6.09 Å². The van der Waals surface area contributed by atoms with Gasteiger partial charge in [-0.2, -0.15) is 5.10 Å². The molecule has 0 spiro atoms. The van der Waals surface area contributed by atoms with Crippen LogP contribution in [0.5, 0.6) is 5.75 Å². The van der Waals surface area contributed by atoms with Crippen molar-refractivity contribution in [2.24, 2.45) is 0 Å². The highest BCUT2D eigenvalue weighted by Crippen LogP contribution is 2.38. The third kappa shape index (κ3) is 4.73. The normalized spacial score (nSPS) is 22.8. The molecular weight excluding hydrogens is 388 g/mol. The largest absolute Gasteiger partial charge is 0.496 e. The van der Waals surface area contributed by atoms with E-state index in [1.807, 2.05) is 30.3 Å². The number of anilines is 1. The average Bonchev–Trinajstić information content (AvgIpc) is 3.41. The maximum absolute atomic E-state index is 12.1. The Morgan fingerprint density at radius 3 is 2.90 bits per heavy atom. The van der Waals surface area contributed by atoms with E-state index in [1.165, 1.54) is 0 Å². The highest BCUT2D eigenvalue weighted by atomic mass is 16.6. The summed E-state index contributed by atoms with van der Waals surface area (Å²) >= 11 is 0. The van der Waals surface area contributed by atoms with Crippen LogP contribution in [0.3, 0.4) is 0 Å². The number of hydrogen-bond acceptors (Lipinski definition) is 6. The molecule has 1 aliphatic carbocycles. The zero-order valence-electron chi connectivity index (χ0n) is 16.8. The predicted octanol–water partition coefficient (Wildman–Crippen LogP) is 2.71. The van der Waals surface area contributed by atoms with Gasteiger partial charge in [0, 0.05) is 36.4 Å². The number of nitrogens with one attached hydrogen (secondary N) is 3. The molecule has 2 aliphatic rings. The fourth-order valence-corrected chi connectivity index (χ4v) is 3.73. The smallest absolute Gasteiger partial charge is 0.407 e. The van der Waals surface area contributed by atoms with Gasteiger partial charge in [-0.1, -0.05) is 18.2 Å². The van der Waals surface area contributed by atoms with Gasteiger partial charge in [0.25, 0.3) is 5.91 Å². The number of amides is 2. The van der Waals surface area contributed by atoms with Crippen molar-refractivity contribution in [3.63, 3.8) is 0 Å². The van der Waals surface area contributed by atoms with Crippen LogP contribution in [-0.4, -0.2) is 48.1 Å². The van der Waals surface area contributed by atoms with Gasteiger partial charge in [0.15, 0.2) is 5.82 Å². The van der Waals surface area contributed by atoms with Crippen LogP contribution in [0, 0.1) is 0 Å². The molecule has 30 heavy (non-hydrogen) atoms. The minimum atomic E-state index is -0.446. The first-order valence-corrected chi connectivity index (χ1v) is 10.2. The Kier molecular flexibility index (Phi) is 6.18. The fraction of sp³-hybridized carbons (Fsp3) is 0.476. The van der Waals surface area contributed by atoms with Gasteiger partial charge >= 0.3 is 6.09 Å². The summed E-state index contributed by atoms with van der Waals surface area (Å²) in [5, 5.41) is 12.7. The second kappa shape index (κ2) is 9.17. The molecule has 2 amide bonds. The van der Waals surface area contributed by atoms with Crippen LogP contribution in [-0.2, 0) is 20.8 Å². The van der Waals surface area contributed by atoms with Gasteiger partial charge < -0.3 is 24.8 Å². The molecule has 2 fully saturated rings. The van der Waals surface area contributed by atoms with Crippen molar-refractivity contribution >= 4 is 17.8 Å². The Hall–Kier alpha value is -3.07. The van der Waals surface area contributed by atoms with E-state index in [4.69, 9.17) is 14.2 Å².